The van der Waals surface area contributed by atoms with Gasteiger partial charge in [-0.1, -0.05) is 0 Å². The largest absolute Gasteiger partial charge is 0.455 e. The highest BCUT2D eigenvalue weighted by atomic mass is 16.5. The van der Waals surface area contributed by atoms with E-state index in [4.69, 9.17) is 4.74 Å². The fraction of sp³-hybridized carbons (Fsp3) is 0.917. The zero-order chi connectivity index (χ0) is 19.9. The molecule has 5 nitrogen and oxygen atoms in total. The van der Waals surface area contributed by atoms with Gasteiger partial charge in [-0.25, -0.2) is 0 Å². The minimum Gasteiger partial charge on any atom is -0.455 e. The number of amides is 1. The number of carbonyl (C=O) groups is 2. The summed E-state index contributed by atoms with van der Waals surface area (Å²) in [5.41, 5.74) is -0.916. The van der Waals surface area contributed by atoms with Crippen molar-refractivity contribution in [1.82, 2.24) is 5.32 Å². The van der Waals surface area contributed by atoms with Crippen molar-refractivity contribution < 1.29 is 19.4 Å². The van der Waals surface area contributed by atoms with Gasteiger partial charge in [0.1, 0.15) is 0 Å². The summed E-state index contributed by atoms with van der Waals surface area (Å²) in [4.78, 5) is 25.4. The molecule has 0 unspecified atom stereocenters. The van der Waals surface area contributed by atoms with Crippen LogP contribution in [-0.4, -0.2) is 35.7 Å². The lowest BCUT2D eigenvalue weighted by atomic mass is 9.48. The fourth-order valence-corrected chi connectivity index (χ4v) is 9.58. The lowest BCUT2D eigenvalue weighted by Crippen LogP contribution is -2.58. The average Bonchev–Trinajstić information content (AvgIpc) is 2.61. The van der Waals surface area contributed by atoms with E-state index in [9.17, 15) is 14.7 Å². The van der Waals surface area contributed by atoms with Crippen molar-refractivity contribution >= 4 is 11.9 Å². The molecule has 8 saturated carbocycles. The predicted octanol–water partition coefficient (Wildman–Crippen LogP) is 3.19. The maximum atomic E-state index is 13.0. The number of carbonyl (C=O) groups excluding carboxylic acids is 2. The molecule has 8 aliphatic rings. The molecule has 0 aromatic rings. The molecule has 1 amide bonds. The zero-order valence-electron chi connectivity index (χ0n) is 17.5. The zero-order valence-corrected chi connectivity index (χ0v) is 17.5. The molecule has 0 spiro atoms. The van der Waals surface area contributed by atoms with Crippen LogP contribution in [0.25, 0.3) is 0 Å². The smallest absolute Gasteiger partial charge is 0.312 e. The molecule has 0 radical (unpaired) electrons. The lowest BCUT2D eigenvalue weighted by molar-refractivity contribution is -0.196. The summed E-state index contributed by atoms with van der Waals surface area (Å²) >= 11 is 0. The summed E-state index contributed by atoms with van der Waals surface area (Å²) in [6, 6.07) is 0. The summed E-state index contributed by atoms with van der Waals surface area (Å²) in [5.74, 6) is 3.11. The van der Waals surface area contributed by atoms with E-state index in [0.29, 0.717) is 23.7 Å². The van der Waals surface area contributed by atoms with E-state index in [-0.39, 0.29) is 18.5 Å². The highest BCUT2D eigenvalue weighted by Gasteiger charge is 2.61. The highest BCUT2D eigenvalue weighted by Crippen LogP contribution is 2.62. The third kappa shape index (κ3) is 3.14. The molecule has 0 saturated heterocycles. The average molecular weight is 402 g/mol. The highest BCUT2D eigenvalue weighted by molar-refractivity contribution is 5.83. The molecule has 2 N–H and O–H groups in total. The summed E-state index contributed by atoms with van der Waals surface area (Å²) in [7, 11) is 0. The quantitative estimate of drug-likeness (QED) is 0.694. The second-order valence-corrected chi connectivity index (χ2v) is 12.2. The van der Waals surface area contributed by atoms with Crippen LogP contribution in [0.4, 0.5) is 0 Å². The lowest BCUT2D eigenvalue weighted by Gasteiger charge is -2.58. The number of rotatable bonds is 5. The molecule has 29 heavy (non-hydrogen) atoms. The number of hydrogen-bond acceptors (Lipinski definition) is 4. The first-order chi connectivity index (χ1) is 13.8. The van der Waals surface area contributed by atoms with Gasteiger partial charge in [0.25, 0.3) is 5.91 Å². The van der Waals surface area contributed by atoms with Crippen LogP contribution in [-0.2, 0) is 14.3 Å². The van der Waals surface area contributed by atoms with E-state index in [1.54, 1.807) is 0 Å². The van der Waals surface area contributed by atoms with Gasteiger partial charge >= 0.3 is 5.97 Å². The molecule has 0 aromatic carbocycles. The SMILES string of the molecule is O=C(COC(=O)C12C[C@@H]3C[C@H](CC(O)(C3)C1)C2)NCC12CC3CC(CC(C3)C1)C2. The molecule has 5 heteroatoms. The topological polar surface area (TPSA) is 75.6 Å². The van der Waals surface area contributed by atoms with Gasteiger partial charge in [-0.2, -0.15) is 0 Å². The van der Waals surface area contributed by atoms with Crippen molar-refractivity contribution in [1.29, 1.82) is 0 Å². The van der Waals surface area contributed by atoms with Crippen LogP contribution in [0.3, 0.4) is 0 Å². The maximum absolute atomic E-state index is 13.0. The van der Waals surface area contributed by atoms with Crippen molar-refractivity contribution in [2.75, 3.05) is 13.2 Å². The third-order valence-corrected chi connectivity index (χ3v) is 9.62. The van der Waals surface area contributed by atoms with Crippen LogP contribution in [0.5, 0.6) is 0 Å². The summed E-state index contributed by atoms with van der Waals surface area (Å²) in [6.45, 7) is 0.586. The Morgan fingerprint density at radius 2 is 1.38 bits per heavy atom. The first kappa shape index (κ1) is 18.7. The molecule has 160 valence electrons. The fourth-order valence-electron chi connectivity index (χ4n) is 9.58. The van der Waals surface area contributed by atoms with Gasteiger partial charge in [0, 0.05) is 6.54 Å². The van der Waals surface area contributed by atoms with E-state index in [1.165, 1.54) is 38.5 Å². The molecular formula is C24H35NO4. The molecule has 8 aliphatic carbocycles. The van der Waals surface area contributed by atoms with Crippen molar-refractivity contribution in [3.05, 3.63) is 0 Å². The molecule has 0 heterocycles. The summed E-state index contributed by atoms with van der Waals surface area (Å²) < 4.78 is 5.54. The van der Waals surface area contributed by atoms with Crippen molar-refractivity contribution in [3.8, 4) is 0 Å². The van der Waals surface area contributed by atoms with Gasteiger partial charge in [0.15, 0.2) is 6.61 Å². The molecule has 2 atom stereocenters. The van der Waals surface area contributed by atoms with Crippen molar-refractivity contribution in [2.45, 2.75) is 82.7 Å². The van der Waals surface area contributed by atoms with E-state index < -0.39 is 11.0 Å². The summed E-state index contributed by atoms with van der Waals surface area (Å²) in [6.07, 6.45) is 13.0. The van der Waals surface area contributed by atoms with Gasteiger partial charge in [0.2, 0.25) is 0 Å². The van der Waals surface area contributed by atoms with Gasteiger partial charge < -0.3 is 15.2 Å². The standard InChI is InChI=1S/C24H35NO4/c26-20(25-14-22-5-15-1-16(6-22)3-17(2-15)7-22)12-29-21(27)23-8-18-4-19(9-23)11-24(28,10-18)13-23/h15-19,28H,1-14H2,(H,25,26)/t15?,16?,17?,18-,19-,22?,23?,24?/m0/s1. The Bertz CT molecular complexity index is 681. The van der Waals surface area contributed by atoms with Crippen LogP contribution in [0.2, 0.25) is 0 Å². The van der Waals surface area contributed by atoms with Crippen LogP contribution in [0.1, 0.15) is 77.0 Å². The van der Waals surface area contributed by atoms with Gasteiger partial charge in [-0.15, -0.1) is 0 Å². The first-order valence-corrected chi connectivity index (χ1v) is 12.0. The Balaban J connectivity index is 1.03. The van der Waals surface area contributed by atoms with E-state index in [1.807, 2.05) is 0 Å². The van der Waals surface area contributed by atoms with Crippen LogP contribution in [0.15, 0.2) is 0 Å². The molecule has 8 fully saturated rings. The van der Waals surface area contributed by atoms with Gasteiger partial charge in [0.05, 0.1) is 11.0 Å². The Morgan fingerprint density at radius 3 is 1.93 bits per heavy atom. The number of esters is 1. The van der Waals surface area contributed by atoms with E-state index in [2.05, 4.69) is 5.32 Å². The Labute approximate surface area is 173 Å². The van der Waals surface area contributed by atoms with E-state index >= 15 is 0 Å². The van der Waals surface area contributed by atoms with Crippen LogP contribution >= 0.6 is 0 Å². The van der Waals surface area contributed by atoms with Crippen molar-refractivity contribution in [2.24, 2.45) is 40.4 Å². The minimum atomic E-state index is -0.677. The van der Waals surface area contributed by atoms with Crippen LogP contribution < -0.4 is 5.32 Å². The first-order valence-electron chi connectivity index (χ1n) is 12.0. The minimum absolute atomic E-state index is 0.155. The van der Waals surface area contributed by atoms with Gasteiger partial charge in [-0.3, -0.25) is 9.59 Å². The second-order valence-electron chi connectivity index (χ2n) is 12.2. The Morgan fingerprint density at radius 1 is 0.828 bits per heavy atom. The number of nitrogens with one attached hydrogen (secondary N) is 1. The molecular weight excluding hydrogens is 366 g/mol. The Hall–Kier alpha value is -1.10. The van der Waals surface area contributed by atoms with Gasteiger partial charge in [-0.05, 0) is 112 Å². The van der Waals surface area contributed by atoms with E-state index in [0.717, 1.165) is 56.4 Å². The maximum Gasteiger partial charge on any atom is 0.312 e. The third-order valence-electron chi connectivity index (χ3n) is 9.62. The number of aliphatic hydroxyl groups is 1. The second kappa shape index (κ2) is 6.21. The van der Waals surface area contributed by atoms with Crippen molar-refractivity contribution in [3.63, 3.8) is 0 Å². The molecule has 0 aromatic heterocycles. The monoisotopic (exact) mass is 401 g/mol. The molecule has 8 rings (SSSR count). The summed E-state index contributed by atoms with van der Waals surface area (Å²) in [5, 5.41) is 14.0. The molecule has 0 aliphatic heterocycles. The number of ether oxygens (including phenoxy) is 1. The number of hydrogen-bond donors (Lipinski definition) is 2. The van der Waals surface area contributed by atoms with Crippen LogP contribution in [0, 0.1) is 40.4 Å². The predicted molar refractivity (Wildman–Crippen MR) is 107 cm³/mol. The normalized spacial score (nSPS) is 51.3. The molecule has 8 bridgehead atoms. The Kier molecular flexibility index (Phi) is 3.99.